The molecule has 0 N–H and O–H groups in total. The van der Waals surface area contributed by atoms with E-state index in [1.165, 1.54) is 23.6 Å². The Morgan fingerprint density at radius 1 is 1.18 bits per heavy atom. The molecule has 34 heavy (non-hydrogen) atoms. The smallest absolute Gasteiger partial charge is 0.417 e. The molecule has 1 unspecified atom stereocenters. The minimum absolute atomic E-state index is 0.00726. The Kier molecular flexibility index (Phi) is 5.33. The van der Waals surface area contributed by atoms with Gasteiger partial charge in [0.05, 0.1) is 23.8 Å². The number of esters is 1. The molecule has 7 nitrogen and oxygen atoms in total. The van der Waals surface area contributed by atoms with Crippen molar-refractivity contribution in [2.75, 3.05) is 7.11 Å². The van der Waals surface area contributed by atoms with E-state index in [9.17, 15) is 22.8 Å². The van der Waals surface area contributed by atoms with Crippen LogP contribution in [0.1, 0.15) is 46.8 Å². The number of halogens is 3. The Hall–Kier alpha value is -3.43. The summed E-state index contributed by atoms with van der Waals surface area (Å²) in [6, 6.07) is 7.79. The van der Waals surface area contributed by atoms with Gasteiger partial charge in [-0.1, -0.05) is 24.3 Å². The van der Waals surface area contributed by atoms with Crippen LogP contribution >= 0.6 is 0 Å². The Bertz CT molecular complexity index is 1300. The molecule has 1 saturated carbocycles. The van der Waals surface area contributed by atoms with Gasteiger partial charge in [0.25, 0.3) is 0 Å². The van der Waals surface area contributed by atoms with Crippen LogP contribution in [0.2, 0.25) is 0 Å². The maximum atomic E-state index is 13.9. The van der Waals surface area contributed by atoms with Crippen molar-refractivity contribution in [1.29, 1.82) is 0 Å². The molecule has 3 heterocycles. The first-order chi connectivity index (χ1) is 16.2. The van der Waals surface area contributed by atoms with Crippen LogP contribution in [0, 0.1) is 6.92 Å². The Morgan fingerprint density at radius 3 is 2.53 bits per heavy atom. The number of ether oxygens (including phenoxy) is 1. The van der Waals surface area contributed by atoms with E-state index < -0.39 is 29.7 Å². The van der Waals surface area contributed by atoms with Crippen molar-refractivity contribution < 1.29 is 27.5 Å². The molecule has 1 amide bonds. The first-order valence-corrected chi connectivity index (χ1v) is 11.1. The number of amides is 1. The zero-order valence-corrected chi connectivity index (χ0v) is 18.7. The molecule has 2 aromatic heterocycles. The van der Waals surface area contributed by atoms with E-state index in [4.69, 9.17) is 4.74 Å². The molecule has 3 aromatic rings. The van der Waals surface area contributed by atoms with Gasteiger partial charge < -0.3 is 9.64 Å². The molecule has 1 aliphatic carbocycles. The Balaban J connectivity index is 1.53. The second-order valence-corrected chi connectivity index (χ2v) is 8.84. The molecule has 1 atom stereocenters. The molecular formula is C24H23F3N4O3. The van der Waals surface area contributed by atoms with Crippen molar-refractivity contribution in [2.24, 2.45) is 0 Å². The minimum atomic E-state index is -4.57. The summed E-state index contributed by atoms with van der Waals surface area (Å²) in [5, 5.41) is 4.15. The summed E-state index contributed by atoms with van der Waals surface area (Å²) in [6.45, 7) is 1.34. The van der Waals surface area contributed by atoms with Gasteiger partial charge in [-0.15, -0.1) is 0 Å². The summed E-state index contributed by atoms with van der Waals surface area (Å²) in [4.78, 5) is 31.7. The molecule has 2 aliphatic rings. The van der Waals surface area contributed by atoms with Crippen LogP contribution in [0.3, 0.4) is 0 Å². The van der Waals surface area contributed by atoms with E-state index in [2.05, 4.69) is 10.1 Å². The Morgan fingerprint density at radius 2 is 1.88 bits per heavy atom. The lowest BCUT2D eigenvalue weighted by atomic mass is 9.94. The molecule has 1 aliphatic heterocycles. The van der Waals surface area contributed by atoms with E-state index in [0.29, 0.717) is 12.1 Å². The van der Waals surface area contributed by atoms with Gasteiger partial charge in [-0.05, 0) is 37.0 Å². The highest BCUT2D eigenvalue weighted by molar-refractivity contribution is 5.88. The number of benzene rings is 1. The van der Waals surface area contributed by atoms with E-state index in [0.717, 1.165) is 30.0 Å². The third kappa shape index (κ3) is 3.91. The number of aromatic nitrogens is 3. The van der Waals surface area contributed by atoms with Crippen LogP contribution in [-0.2, 0) is 40.0 Å². The van der Waals surface area contributed by atoms with Crippen LogP contribution in [0.4, 0.5) is 13.2 Å². The predicted octanol–water partition coefficient (Wildman–Crippen LogP) is 3.76. The van der Waals surface area contributed by atoms with Gasteiger partial charge in [-0.3, -0.25) is 4.79 Å². The van der Waals surface area contributed by atoms with Crippen LogP contribution in [0.15, 0.2) is 30.3 Å². The predicted molar refractivity (Wildman–Crippen MR) is 116 cm³/mol. The maximum Gasteiger partial charge on any atom is 0.417 e. The number of fused-ring (bicyclic) bond motifs is 2. The number of aryl methyl sites for hydroxylation is 1. The molecule has 10 heteroatoms. The molecule has 0 bridgehead atoms. The molecular weight excluding hydrogens is 449 g/mol. The van der Waals surface area contributed by atoms with Crippen molar-refractivity contribution in [2.45, 2.75) is 57.4 Å². The standard InChI is InChI=1S/C24H23F3N4O3/c1-13-21-17(24(25,26)27)10-18(14-7-8-14)28-22(21)31(29-13)12-20(32)30-11-16-6-4-3-5-15(16)9-19(30)23(33)34-2/h3-6,10,14,19H,7-9,11-12H2,1-2H3. The summed E-state index contributed by atoms with van der Waals surface area (Å²) in [5.74, 6) is -0.994. The highest BCUT2D eigenvalue weighted by Crippen LogP contribution is 2.43. The van der Waals surface area contributed by atoms with E-state index >= 15 is 0 Å². The molecule has 178 valence electrons. The normalized spacial score (nSPS) is 18.1. The number of carbonyl (C=O) groups excluding carboxylic acids is 2. The monoisotopic (exact) mass is 472 g/mol. The molecule has 0 saturated heterocycles. The van der Waals surface area contributed by atoms with Gasteiger partial charge in [0.15, 0.2) is 5.65 Å². The maximum absolute atomic E-state index is 13.9. The summed E-state index contributed by atoms with van der Waals surface area (Å²) < 4.78 is 47.7. The average molecular weight is 472 g/mol. The topological polar surface area (TPSA) is 77.3 Å². The summed E-state index contributed by atoms with van der Waals surface area (Å²) in [5.41, 5.74) is 1.63. The third-order valence-corrected chi connectivity index (χ3v) is 6.53. The lowest BCUT2D eigenvalue weighted by Gasteiger charge is -2.35. The molecule has 5 rings (SSSR count). The number of carbonyl (C=O) groups is 2. The number of rotatable bonds is 4. The quantitative estimate of drug-likeness (QED) is 0.541. The van der Waals surface area contributed by atoms with Crippen molar-refractivity contribution in [1.82, 2.24) is 19.7 Å². The zero-order chi connectivity index (χ0) is 24.2. The van der Waals surface area contributed by atoms with Gasteiger partial charge in [0.2, 0.25) is 5.91 Å². The van der Waals surface area contributed by atoms with Crippen molar-refractivity contribution in [3.05, 3.63) is 58.4 Å². The van der Waals surface area contributed by atoms with Crippen LogP contribution < -0.4 is 0 Å². The van der Waals surface area contributed by atoms with Gasteiger partial charge in [0.1, 0.15) is 12.6 Å². The zero-order valence-electron chi connectivity index (χ0n) is 18.7. The number of pyridine rings is 1. The van der Waals surface area contributed by atoms with Gasteiger partial charge in [-0.2, -0.15) is 18.3 Å². The fourth-order valence-electron chi connectivity index (χ4n) is 4.65. The van der Waals surface area contributed by atoms with Crippen LogP contribution in [0.5, 0.6) is 0 Å². The average Bonchev–Trinajstić information content (AvgIpc) is 3.61. The summed E-state index contributed by atoms with van der Waals surface area (Å²) in [7, 11) is 1.26. The second-order valence-electron chi connectivity index (χ2n) is 8.84. The minimum Gasteiger partial charge on any atom is -0.467 e. The summed E-state index contributed by atoms with van der Waals surface area (Å²) >= 11 is 0. The van der Waals surface area contributed by atoms with Crippen LogP contribution in [-0.4, -0.2) is 44.7 Å². The van der Waals surface area contributed by atoms with Gasteiger partial charge in [0, 0.05) is 24.6 Å². The molecule has 1 fully saturated rings. The van der Waals surface area contributed by atoms with Crippen molar-refractivity contribution in [3.63, 3.8) is 0 Å². The highest BCUT2D eigenvalue weighted by atomic mass is 19.4. The van der Waals surface area contributed by atoms with Gasteiger partial charge in [-0.25, -0.2) is 14.5 Å². The summed E-state index contributed by atoms with van der Waals surface area (Å²) in [6.07, 6.45) is -2.69. The number of methoxy groups -OCH3 is 1. The SMILES string of the molecule is COC(=O)C1Cc2ccccc2CN1C(=O)Cn1nc(C)c2c(C(F)(F)F)cc(C3CC3)nc21. The number of alkyl halides is 3. The van der Waals surface area contributed by atoms with E-state index in [1.807, 2.05) is 24.3 Å². The molecule has 0 radical (unpaired) electrons. The Labute approximate surface area is 193 Å². The fraction of sp³-hybridized carbons (Fsp3) is 0.417. The van der Waals surface area contributed by atoms with Crippen molar-refractivity contribution in [3.8, 4) is 0 Å². The van der Waals surface area contributed by atoms with Gasteiger partial charge >= 0.3 is 12.1 Å². The molecule has 1 aromatic carbocycles. The van der Waals surface area contributed by atoms with Crippen molar-refractivity contribution >= 4 is 22.9 Å². The number of hydrogen-bond acceptors (Lipinski definition) is 5. The van der Waals surface area contributed by atoms with E-state index in [1.54, 1.807) is 0 Å². The second kappa shape index (κ2) is 8.11. The van der Waals surface area contributed by atoms with Crippen LogP contribution in [0.25, 0.3) is 11.0 Å². The number of hydrogen-bond donors (Lipinski definition) is 0. The molecule has 0 spiro atoms. The number of nitrogens with zero attached hydrogens (tertiary/aromatic N) is 4. The fourth-order valence-corrected chi connectivity index (χ4v) is 4.65. The first-order valence-electron chi connectivity index (χ1n) is 11.1. The first kappa shape index (κ1) is 22.4. The lowest BCUT2D eigenvalue weighted by molar-refractivity contribution is -0.154. The third-order valence-electron chi connectivity index (χ3n) is 6.53. The largest absolute Gasteiger partial charge is 0.467 e. The highest BCUT2D eigenvalue weighted by Gasteiger charge is 2.39. The van der Waals surface area contributed by atoms with E-state index in [-0.39, 0.29) is 35.7 Å². The lowest BCUT2D eigenvalue weighted by Crippen LogP contribution is -2.50.